The minimum absolute atomic E-state index is 0.435. The van der Waals surface area contributed by atoms with Gasteiger partial charge in [-0.25, -0.2) is 9.97 Å². The molecule has 1 aliphatic rings. The van der Waals surface area contributed by atoms with E-state index in [4.69, 9.17) is 0 Å². The maximum atomic E-state index is 4.44. The molecule has 22 heavy (non-hydrogen) atoms. The van der Waals surface area contributed by atoms with E-state index in [0.717, 1.165) is 31.2 Å². The van der Waals surface area contributed by atoms with Crippen molar-refractivity contribution in [1.82, 2.24) is 19.9 Å². The van der Waals surface area contributed by atoms with Gasteiger partial charge in [0.15, 0.2) is 0 Å². The predicted molar refractivity (Wildman–Crippen MR) is 87.8 cm³/mol. The van der Waals surface area contributed by atoms with Crippen molar-refractivity contribution in [1.29, 1.82) is 0 Å². The van der Waals surface area contributed by atoms with E-state index in [0.29, 0.717) is 6.04 Å². The second-order valence-corrected chi connectivity index (χ2v) is 5.92. The molecule has 3 heterocycles. The first-order valence-electron chi connectivity index (χ1n) is 7.97. The molecule has 1 fully saturated rings. The van der Waals surface area contributed by atoms with Gasteiger partial charge >= 0.3 is 0 Å². The molecule has 1 aliphatic heterocycles. The van der Waals surface area contributed by atoms with E-state index in [1.165, 1.54) is 24.9 Å². The number of aromatic nitrogens is 3. The predicted octanol–water partition coefficient (Wildman–Crippen LogP) is 2.30. The lowest BCUT2D eigenvalue weighted by Gasteiger charge is -2.33. The summed E-state index contributed by atoms with van der Waals surface area (Å²) in [6, 6.07) is 6.51. The van der Waals surface area contributed by atoms with Crippen LogP contribution < -0.4 is 5.32 Å². The normalized spacial score (nSPS) is 19.0. The standard InChI is InChI=1S/C17H23N5/c1-14-6-9-19-17(20-14)21-16-5-3-10-22(13-16)11-7-15-4-2-8-18-12-15/h2,4,6,8-9,12,16H,3,5,7,10-11,13H2,1H3,(H,19,20,21). The molecule has 116 valence electrons. The zero-order valence-electron chi connectivity index (χ0n) is 13.1. The fourth-order valence-electron chi connectivity index (χ4n) is 2.91. The third-order valence-corrected chi connectivity index (χ3v) is 4.07. The number of nitrogens with zero attached hydrogens (tertiary/aromatic N) is 4. The summed E-state index contributed by atoms with van der Waals surface area (Å²) < 4.78 is 0. The summed E-state index contributed by atoms with van der Waals surface area (Å²) in [5, 5.41) is 3.47. The molecule has 2 aromatic rings. The molecule has 1 saturated heterocycles. The summed E-state index contributed by atoms with van der Waals surface area (Å²) in [5.74, 6) is 0.749. The molecule has 5 heteroatoms. The molecule has 0 aliphatic carbocycles. The van der Waals surface area contributed by atoms with E-state index in [-0.39, 0.29) is 0 Å². The van der Waals surface area contributed by atoms with Crippen molar-refractivity contribution in [3.8, 4) is 0 Å². The van der Waals surface area contributed by atoms with Crippen molar-refractivity contribution in [2.75, 3.05) is 25.0 Å². The summed E-state index contributed by atoms with van der Waals surface area (Å²) in [4.78, 5) is 15.4. The second kappa shape index (κ2) is 7.31. The van der Waals surface area contributed by atoms with Crippen molar-refractivity contribution in [2.24, 2.45) is 0 Å². The smallest absolute Gasteiger partial charge is 0.223 e. The van der Waals surface area contributed by atoms with Gasteiger partial charge in [-0.1, -0.05) is 6.07 Å². The summed E-state index contributed by atoms with van der Waals surface area (Å²) in [7, 11) is 0. The third kappa shape index (κ3) is 4.24. The summed E-state index contributed by atoms with van der Waals surface area (Å²) in [6.45, 7) is 5.30. The zero-order valence-corrected chi connectivity index (χ0v) is 13.1. The van der Waals surface area contributed by atoms with E-state index >= 15 is 0 Å². The fraction of sp³-hybridized carbons (Fsp3) is 0.471. The van der Waals surface area contributed by atoms with Gasteiger partial charge in [-0.3, -0.25) is 4.98 Å². The van der Waals surface area contributed by atoms with Gasteiger partial charge in [0.05, 0.1) is 0 Å². The van der Waals surface area contributed by atoms with Crippen molar-refractivity contribution in [3.05, 3.63) is 48.0 Å². The van der Waals surface area contributed by atoms with Crippen LogP contribution in [0.15, 0.2) is 36.8 Å². The first-order valence-corrected chi connectivity index (χ1v) is 7.97. The van der Waals surface area contributed by atoms with E-state index in [1.54, 1.807) is 0 Å². The van der Waals surface area contributed by atoms with Crippen molar-refractivity contribution in [2.45, 2.75) is 32.2 Å². The Labute approximate surface area is 131 Å². The van der Waals surface area contributed by atoms with Gasteiger partial charge in [-0.2, -0.15) is 0 Å². The molecule has 3 rings (SSSR count). The lowest BCUT2D eigenvalue weighted by Crippen LogP contribution is -2.43. The van der Waals surface area contributed by atoms with Crippen LogP contribution in [0.25, 0.3) is 0 Å². The number of pyridine rings is 1. The van der Waals surface area contributed by atoms with Crippen LogP contribution in [0.4, 0.5) is 5.95 Å². The average Bonchev–Trinajstić information content (AvgIpc) is 2.54. The highest BCUT2D eigenvalue weighted by Gasteiger charge is 2.20. The molecule has 0 spiro atoms. The van der Waals surface area contributed by atoms with Crippen LogP contribution in [-0.4, -0.2) is 45.5 Å². The van der Waals surface area contributed by atoms with Crippen LogP contribution in [0.1, 0.15) is 24.1 Å². The van der Waals surface area contributed by atoms with Crippen LogP contribution in [-0.2, 0) is 6.42 Å². The van der Waals surface area contributed by atoms with Crippen LogP contribution >= 0.6 is 0 Å². The number of piperidine rings is 1. The largest absolute Gasteiger partial charge is 0.350 e. The number of hydrogen-bond acceptors (Lipinski definition) is 5. The van der Waals surface area contributed by atoms with Gasteiger partial charge in [-0.15, -0.1) is 0 Å². The minimum Gasteiger partial charge on any atom is -0.350 e. The fourth-order valence-corrected chi connectivity index (χ4v) is 2.91. The second-order valence-electron chi connectivity index (χ2n) is 5.92. The van der Waals surface area contributed by atoms with E-state index < -0.39 is 0 Å². The highest BCUT2D eigenvalue weighted by atomic mass is 15.2. The molecule has 0 bridgehead atoms. The number of nitrogens with one attached hydrogen (secondary N) is 1. The Kier molecular flexibility index (Phi) is 4.96. The van der Waals surface area contributed by atoms with E-state index in [1.807, 2.05) is 37.6 Å². The Morgan fingerprint density at radius 2 is 2.27 bits per heavy atom. The summed E-state index contributed by atoms with van der Waals surface area (Å²) in [5.41, 5.74) is 2.31. The Hall–Kier alpha value is -2.01. The van der Waals surface area contributed by atoms with Crippen LogP contribution in [0.3, 0.4) is 0 Å². The lowest BCUT2D eigenvalue weighted by atomic mass is 10.1. The van der Waals surface area contributed by atoms with Crippen molar-refractivity contribution >= 4 is 5.95 Å². The molecule has 2 aromatic heterocycles. The van der Waals surface area contributed by atoms with E-state index in [2.05, 4.69) is 31.2 Å². The van der Waals surface area contributed by atoms with E-state index in [9.17, 15) is 0 Å². The number of anilines is 1. The van der Waals surface area contributed by atoms with Gasteiger partial charge in [0.25, 0.3) is 0 Å². The molecule has 1 N–H and O–H groups in total. The Morgan fingerprint density at radius 1 is 1.32 bits per heavy atom. The minimum atomic E-state index is 0.435. The monoisotopic (exact) mass is 297 g/mol. The third-order valence-electron chi connectivity index (χ3n) is 4.07. The van der Waals surface area contributed by atoms with Gasteiger partial charge in [0.2, 0.25) is 5.95 Å². The quantitative estimate of drug-likeness (QED) is 0.918. The maximum absolute atomic E-state index is 4.44. The van der Waals surface area contributed by atoms with Crippen molar-refractivity contribution < 1.29 is 0 Å². The molecule has 0 radical (unpaired) electrons. The molecular weight excluding hydrogens is 274 g/mol. The maximum Gasteiger partial charge on any atom is 0.223 e. The average molecular weight is 297 g/mol. The Morgan fingerprint density at radius 3 is 3.09 bits per heavy atom. The Balaban J connectivity index is 1.51. The Bertz CT molecular complexity index is 587. The molecule has 0 saturated carbocycles. The highest BCUT2D eigenvalue weighted by molar-refractivity contribution is 5.26. The first-order chi connectivity index (χ1) is 10.8. The van der Waals surface area contributed by atoms with Crippen LogP contribution in [0, 0.1) is 6.92 Å². The number of aryl methyl sites for hydroxylation is 1. The SMILES string of the molecule is Cc1ccnc(NC2CCCN(CCc3cccnc3)C2)n1. The summed E-state index contributed by atoms with van der Waals surface area (Å²) >= 11 is 0. The lowest BCUT2D eigenvalue weighted by molar-refractivity contribution is 0.218. The number of rotatable bonds is 5. The molecule has 0 amide bonds. The van der Waals surface area contributed by atoms with Crippen LogP contribution in [0.5, 0.6) is 0 Å². The molecule has 1 unspecified atom stereocenters. The van der Waals surface area contributed by atoms with Gasteiger partial charge < -0.3 is 10.2 Å². The highest BCUT2D eigenvalue weighted by Crippen LogP contribution is 2.14. The molecule has 1 atom stereocenters. The molecule has 0 aromatic carbocycles. The topological polar surface area (TPSA) is 53.9 Å². The number of likely N-dealkylation sites (tertiary alicyclic amines) is 1. The first kappa shape index (κ1) is 14.9. The van der Waals surface area contributed by atoms with Gasteiger partial charge in [0.1, 0.15) is 0 Å². The molecule has 5 nitrogen and oxygen atoms in total. The number of hydrogen-bond donors (Lipinski definition) is 1. The van der Waals surface area contributed by atoms with Gasteiger partial charge in [0, 0.05) is 43.4 Å². The zero-order chi connectivity index (χ0) is 15.2. The van der Waals surface area contributed by atoms with Gasteiger partial charge in [-0.05, 0) is 50.4 Å². The summed E-state index contributed by atoms with van der Waals surface area (Å²) in [6.07, 6.45) is 9.05. The van der Waals surface area contributed by atoms with Crippen LogP contribution in [0.2, 0.25) is 0 Å². The van der Waals surface area contributed by atoms with Crippen molar-refractivity contribution in [3.63, 3.8) is 0 Å². The molecular formula is C17H23N5.